The average molecular weight is 1280 g/mol. The third-order valence-electron chi connectivity index (χ3n) is 16.9. The molecule has 0 aliphatic rings. The summed E-state index contributed by atoms with van der Waals surface area (Å²) in [7, 11) is 1.18. The zero-order chi connectivity index (χ0) is 65.5. The van der Waals surface area contributed by atoms with Gasteiger partial charge < -0.3 is 27.9 Å². The second-order valence-electron chi connectivity index (χ2n) is 27.0. The highest BCUT2D eigenvalue weighted by atomic mass is 31.2. The maximum absolute atomic E-state index is 12.9. The lowest BCUT2D eigenvalue weighted by Crippen LogP contribution is -2.37. The van der Waals surface area contributed by atoms with Crippen LogP contribution in [0.2, 0.25) is 0 Å². The molecule has 0 rings (SSSR count). The first kappa shape index (κ1) is 87.2. The van der Waals surface area contributed by atoms with Gasteiger partial charge in [0.15, 0.2) is 6.10 Å². The van der Waals surface area contributed by atoms with E-state index in [0.717, 1.165) is 70.6 Å². The van der Waals surface area contributed by atoms with Crippen molar-refractivity contribution in [3.8, 4) is 0 Å². The number of unbranched alkanes of at least 4 members (excludes halogenated alkanes) is 43. The van der Waals surface area contributed by atoms with Crippen molar-refractivity contribution in [2.24, 2.45) is 0 Å². The fourth-order valence-electron chi connectivity index (χ4n) is 11.1. The number of nitrogens with zero attached hydrogens (tertiary/aromatic N) is 1. The van der Waals surface area contributed by atoms with Gasteiger partial charge in [-0.25, -0.2) is 0 Å². The van der Waals surface area contributed by atoms with Gasteiger partial charge in [-0.2, -0.15) is 0 Å². The molecular formula is C80H146NO8P. The highest BCUT2D eigenvalue weighted by molar-refractivity contribution is 7.45. The van der Waals surface area contributed by atoms with Crippen LogP contribution in [0.4, 0.5) is 0 Å². The van der Waals surface area contributed by atoms with E-state index < -0.39 is 26.5 Å². The van der Waals surface area contributed by atoms with E-state index in [-0.39, 0.29) is 32.0 Å². The van der Waals surface area contributed by atoms with Crippen LogP contribution < -0.4 is 4.89 Å². The molecule has 0 radical (unpaired) electrons. The van der Waals surface area contributed by atoms with Gasteiger partial charge in [-0.3, -0.25) is 14.2 Å². The molecule has 0 saturated heterocycles. The Hall–Kier alpha value is -2.81. The number of allylic oxidation sites excluding steroid dienone is 14. The van der Waals surface area contributed by atoms with Crippen molar-refractivity contribution in [1.82, 2.24) is 0 Å². The Labute approximate surface area is 558 Å². The number of carbonyl (C=O) groups excluding carboxylic acids is 2. The van der Waals surface area contributed by atoms with E-state index in [4.69, 9.17) is 18.5 Å². The van der Waals surface area contributed by atoms with Crippen LogP contribution in [0, 0.1) is 0 Å². The highest BCUT2D eigenvalue weighted by Gasteiger charge is 2.22. The molecule has 90 heavy (non-hydrogen) atoms. The van der Waals surface area contributed by atoms with E-state index in [2.05, 4.69) is 98.9 Å². The van der Waals surface area contributed by atoms with Crippen molar-refractivity contribution in [2.45, 2.75) is 367 Å². The van der Waals surface area contributed by atoms with Crippen molar-refractivity contribution in [1.29, 1.82) is 0 Å². The molecule has 0 heterocycles. The summed E-state index contributed by atoms with van der Waals surface area (Å²) in [6, 6.07) is 0. The smallest absolute Gasteiger partial charge is 0.306 e. The second-order valence-corrected chi connectivity index (χ2v) is 28.4. The van der Waals surface area contributed by atoms with Crippen molar-refractivity contribution in [3.63, 3.8) is 0 Å². The van der Waals surface area contributed by atoms with E-state index in [0.29, 0.717) is 17.4 Å². The van der Waals surface area contributed by atoms with Crippen LogP contribution in [0.25, 0.3) is 0 Å². The molecule has 0 aliphatic heterocycles. The van der Waals surface area contributed by atoms with E-state index >= 15 is 0 Å². The van der Waals surface area contributed by atoms with Gasteiger partial charge in [0.25, 0.3) is 7.82 Å². The summed E-state index contributed by atoms with van der Waals surface area (Å²) in [6.07, 6.45) is 96.9. The number of carbonyl (C=O) groups is 2. The molecule has 2 unspecified atom stereocenters. The predicted octanol–water partition coefficient (Wildman–Crippen LogP) is 24.6. The number of rotatable bonds is 71. The fraction of sp³-hybridized carbons (Fsp3) is 0.800. The van der Waals surface area contributed by atoms with Crippen molar-refractivity contribution in [3.05, 3.63) is 85.1 Å². The standard InChI is InChI=1S/C80H146NO8P/c1-6-8-10-12-14-16-18-20-22-24-26-28-30-32-33-34-35-36-37-38-39-40-41-42-43-44-45-46-47-49-51-53-55-57-59-61-63-65-67-69-71-73-80(83)89-78(77-88-90(84,85)87-75-74-81(3,4)5)76-86-79(82)72-70-68-66-64-62-60-58-56-54-52-50-48-31-29-27-25-23-21-19-17-15-13-11-9-7-2/h8,10,14,16,20,22,25-28,32-33,35-36,78H,6-7,9,11-13,15,17-19,21,23-24,29-31,34,37-77H2,1-5H3/b10-8-,16-14-,22-20-,27-25-,28-26-,33-32-,36-35-. The lowest BCUT2D eigenvalue weighted by atomic mass is 10.0. The number of ether oxygens (including phenoxy) is 2. The van der Waals surface area contributed by atoms with E-state index in [1.165, 1.54) is 257 Å². The van der Waals surface area contributed by atoms with Crippen LogP contribution in [0.3, 0.4) is 0 Å². The summed E-state index contributed by atoms with van der Waals surface area (Å²) in [5.41, 5.74) is 0. The molecule has 2 atom stereocenters. The van der Waals surface area contributed by atoms with Crippen LogP contribution in [0.1, 0.15) is 361 Å². The van der Waals surface area contributed by atoms with Crippen LogP contribution in [-0.4, -0.2) is 70.0 Å². The Morgan fingerprint density at radius 2 is 0.633 bits per heavy atom. The molecule has 0 aromatic heterocycles. The molecule has 0 spiro atoms. The number of esters is 2. The Kier molecular flexibility index (Phi) is 68.3. The molecule has 0 aliphatic carbocycles. The Morgan fingerprint density at radius 3 is 0.956 bits per heavy atom. The minimum absolute atomic E-state index is 0.0300. The van der Waals surface area contributed by atoms with Gasteiger partial charge in [-0.05, 0) is 89.9 Å². The van der Waals surface area contributed by atoms with Gasteiger partial charge in [-0.15, -0.1) is 0 Å². The lowest BCUT2D eigenvalue weighted by molar-refractivity contribution is -0.870. The Balaban J connectivity index is 3.93. The molecule has 0 fully saturated rings. The van der Waals surface area contributed by atoms with Gasteiger partial charge in [-0.1, -0.05) is 343 Å². The molecule has 10 heteroatoms. The van der Waals surface area contributed by atoms with Crippen molar-refractivity contribution >= 4 is 19.8 Å². The van der Waals surface area contributed by atoms with Crippen LogP contribution in [0.5, 0.6) is 0 Å². The summed E-state index contributed by atoms with van der Waals surface area (Å²) in [6.45, 7) is 4.18. The molecule has 0 bridgehead atoms. The zero-order valence-electron chi connectivity index (χ0n) is 59.8. The second kappa shape index (κ2) is 70.5. The fourth-order valence-corrected chi connectivity index (χ4v) is 11.8. The number of hydrogen-bond acceptors (Lipinski definition) is 8. The quantitative estimate of drug-likeness (QED) is 0.0195. The van der Waals surface area contributed by atoms with Gasteiger partial charge in [0.1, 0.15) is 19.8 Å². The largest absolute Gasteiger partial charge is 0.756 e. The van der Waals surface area contributed by atoms with E-state index in [1.54, 1.807) is 0 Å². The predicted molar refractivity (Wildman–Crippen MR) is 388 cm³/mol. The van der Waals surface area contributed by atoms with Gasteiger partial charge in [0, 0.05) is 12.8 Å². The third-order valence-corrected chi connectivity index (χ3v) is 17.9. The minimum Gasteiger partial charge on any atom is -0.756 e. The van der Waals surface area contributed by atoms with Crippen molar-refractivity contribution < 1.29 is 42.1 Å². The topological polar surface area (TPSA) is 111 Å². The Morgan fingerprint density at radius 1 is 0.356 bits per heavy atom. The molecule has 0 saturated carbocycles. The van der Waals surface area contributed by atoms with Gasteiger partial charge in [0.05, 0.1) is 27.7 Å². The first-order valence-electron chi connectivity index (χ1n) is 38.3. The van der Waals surface area contributed by atoms with E-state index in [9.17, 15) is 19.0 Å². The minimum atomic E-state index is -4.64. The monoisotopic (exact) mass is 1280 g/mol. The average Bonchev–Trinajstić information content (AvgIpc) is 3.62. The Bertz CT molecular complexity index is 1800. The SMILES string of the molecule is CC/C=C\C/C=C\C/C=C\C/C=C\C/C=C\C/C=C\CCCCCCCCCCCCCCCCCCCCCCCCC(=O)OC(COC(=O)CCCCCCCCCCCCCCC/C=C\CCCCCCCCCC)COP(=O)([O-])OCC[N+](C)(C)C. The maximum atomic E-state index is 12.9. The molecule has 524 valence electrons. The summed E-state index contributed by atoms with van der Waals surface area (Å²) in [5, 5.41) is 0. The number of phosphoric ester groups is 1. The van der Waals surface area contributed by atoms with Gasteiger partial charge >= 0.3 is 11.9 Å². The normalized spacial score (nSPS) is 13.5. The number of likely N-dealkylation sites (N-methyl/N-ethyl adjacent to an activating group) is 1. The summed E-state index contributed by atoms with van der Waals surface area (Å²) >= 11 is 0. The van der Waals surface area contributed by atoms with Gasteiger partial charge in [0.2, 0.25) is 0 Å². The molecule has 0 aromatic carbocycles. The van der Waals surface area contributed by atoms with Crippen LogP contribution >= 0.6 is 7.82 Å². The highest BCUT2D eigenvalue weighted by Crippen LogP contribution is 2.38. The summed E-state index contributed by atoms with van der Waals surface area (Å²) in [5.74, 6) is -0.816. The maximum Gasteiger partial charge on any atom is 0.306 e. The van der Waals surface area contributed by atoms with Crippen molar-refractivity contribution in [2.75, 3.05) is 47.5 Å². The molecule has 0 aromatic rings. The molecular weight excluding hydrogens is 1130 g/mol. The third kappa shape index (κ3) is 74.2. The number of phosphoric acid groups is 1. The molecule has 0 amide bonds. The number of hydrogen-bond donors (Lipinski definition) is 0. The van der Waals surface area contributed by atoms with Crippen LogP contribution in [-0.2, 0) is 32.7 Å². The summed E-state index contributed by atoms with van der Waals surface area (Å²) < 4.78 is 34.4. The van der Waals surface area contributed by atoms with E-state index in [1.807, 2.05) is 21.1 Å². The lowest BCUT2D eigenvalue weighted by Gasteiger charge is -2.28. The van der Waals surface area contributed by atoms with Crippen LogP contribution in [0.15, 0.2) is 85.1 Å². The molecule has 9 nitrogen and oxygen atoms in total. The number of quaternary nitrogens is 1. The first-order chi connectivity index (χ1) is 44.0. The first-order valence-corrected chi connectivity index (χ1v) is 39.8. The molecule has 0 N–H and O–H groups in total. The summed E-state index contributed by atoms with van der Waals surface area (Å²) in [4.78, 5) is 38.1. The zero-order valence-corrected chi connectivity index (χ0v) is 60.7.